The third kappa shape index (κ3) is 10.2. The van der Waals surface area contributed by atoms with Gasteiger partial charge in [-0.3, -0.25) is 0 Å². The Hall–Kier alpha value is 1.16. The first-order valence-corrected chi connectivity index (χ1v) is 7.88. The zero-order chi connectivity index (χ0) is 5.86. The predicted octanol–water partition coefficient (Wildman–Crippen LogP) is -1.28. The summed E-state index contributed by atoms with van der Waals surface area (Å²) < 4.78 is 19.0. The van der Waals surface area contributed by atoms with Crippen molar-refractivity contribution in [1.82, 2.24) is 0 Å². The van der Waals surface area contributed by atoms with E-state index in [0.717, 1.165) is 0 Å². The van der Waals surface area contributed by atoms with Gasteiger partial charge in [-0.2, -0.15) is 0 Å². The molecule has 8 heteroatoms. The van der Waals surface area contributed by atoms with Crippen molar-refractivity contribution in [3.63, 3.8) is 0 Å². The monoisotopic (exact) mass is 261 g/mol. The summed E-state index contributed by atoms with van der Waals surface area (Å²) in [5.74, 6) is 0. The summed E-state index contributed by atoms with van der Waals surface area (Å²) >= 11 is -1.22. The second kappa shape index (κ2) is 6.28. The summed E-state index contributed by atoms with van der Waals surface area (Å²) in [6.07, 6.45) is 0. The Labute approximate surface area is 63.6 Å². The predicted molar refractivity (Wildman–Crippen MR) is 21.0 cm³/mol. The molecular formula is MnO4P2Se. The average Bonchev–Trinajstić information content (AvgIpc) is 1.27. The van der Waals surface area contributed by atoms with Crippen molar-refractivity contribution in [3.8, 4) is 0 Å². The molecular weight excluding hydrogens is 260 g/mol. The maximum absolute atomic E-state index is 9.49. The summed E-state index contributed by atoms with van der Waals surface area (Å²) in [7, 11) is 0. The Balaban J connectivity index is 0. The Morgan fingerprint density at radius 3 is 1.38 bits per heavy atom. The number of hydrogen-bond acceptors (Lipinski definition) is 4. The molecule has 0 bridgehead atoms. The fraction of sp³-hybridized carbons (Fsp3) is 0. The molecule has 8 heavy (non-hydrogen) atoms. The van der Waals surface area contributed by atoms with Crippen molar-refractivity contribution in [3.05, 3.63) is 0 Å². The molecule has 0 amide bonds. The van der Waals surface area contributed by atoms with Crippen molar-refractivity contribution < 1.29 is 36.0 Å². The molecule has 0 saturated carbocycles. The van der Waals surface area contributed by atoms with Crippen LogP contribution in [-0.2, 0) is 26.2 Å². The van der Waals surface area contributed by atoms with Crippen molar-refractivity contribution in [2.24, 2.45) is 0 Å². The quantitative estimate of drug-likeness (QED) is 0.457. The third-order valence-corrected chi connectivity index (χ3v) is 6.24. The van der Waals surface area contributed by atoms with Crippen LogP contribution >= 0.6 is 13.4 Å². The minimum absolute atomic E-state index is 0. The van der Waals surface area contributed by atoms with E-state index in [2.05, 4.69) is 0 Å². The molecule has 0 aliphatic rings. The van der Waals surface area contributed by atoms with Gasteiger partial charge in [-0.05, 0) is 0 Å². The molecule has 47 valence electrons. The molecule has 0 aromatic heterocycles. The Morgan fingerprint density at radius 1 is 1.12 bits per heavy atom. The minimum Gasteiger partial charge on any atom is 0 e. The molecule has 0 N–H and O–H groups in total. The van der Waals surface area contributed by atoms with Crippen LogP contribution < -0.4 is 9.79 Å². The Morgan fingerprint density at radius 2 is 1.38 bits per heavy atom. The van der Waals surface area contributed by atoms with Crippen LogP contribution in [0.25, 0.3) is 0 Å². The van der Waals surface area contributed by atoms with Crippen LogP contribution in [0.5, 0.6) is 0 Å². The van der Waals surface area contributed by atoms with Crippen LogP contribution in [0.3, 0.4) is 0 Å². The zero-order valence-corrected chi connectivity index (χ0v) is 8.00. The molecule has 0 aliphatic carbocycles. The Bertz CT molecular complexity index is 90.2. The van der Waals surface area contributed by atoms with Gasteiger partial charge in [-0.15, -0.1) is 0 Å². The van der Waals surface area contributed by atoms with Crippen molar-refractivity contribution in [2.75, 3.05) is 0 Å². The van der Waals surface area contributed by atoms with Gasteiger partial charge < -0.3 is 0 Å². The van der Waals surface area contributed by atoms with Crippen molar-refractivity contribution in [2.45, 2.75) is 0 Å². The van der Waals surface area contributed by atoms with Gasteiger partial charge in [0.05, 0.1) is 0 Å². The first kappa shape index (κ1) is 11.9. The van der Waals surface area contributed by atoms with Gasteiger partial charge in [-0.25, -0.2) is 0 Å². The first-order valence-electron chi connectivity index (χ1n) is 1.10. The first-order chi connectivity index (χ1) is 3.13. The number of rotatable bonds is 2. The van der Waals surface area contributed by atoms with Gasteiger partial charge in [0.25, 0.3) is 0 Å². The van der Waals surface area contributed by atoms with Gasteiger partial charge in [0.15, 0.2) is 0 Å². The summed E-state index contributed by atoms with van der Waals surface area (Å²) in [5.41, 5.74) is 0. The molecule has 0 fully saturated rings. The molecule has 0 aliphatic heterocycles. The maximum Gasteiger partial charge on any atom is 0 e. The van der Waals surface area contributed by atoms with Crippen molar-refractivity contribution in [1.29, 1.82) is 0 Å². The summed E-state index contributed by atoms with van der Waals surface area (Å²) in [6.45, 7) is -5.35. The standard InChI is InChI=1S/Mn.O4P2Se/c;1-5(2)7-6(3)4. The molecule has 0 saturated heterocycles. The SMILES string of the molecule is O=[P+]([O-])[Se][P+](=O)[O-].[Mn]. The summed E-state index contributed by atoms with van der Waals surface area (Å²) in [5, 5.41) is 0. The van der Waals surface area contributed by atoms with E-state index in [1.165, 1.54) is 0 Å². The van der Waals surface area contributed by atoms with E-state index in [4.69, 9.17) is 0 Å². The van der Waals surface area contributed by atoms with E-state index >= 15 is 0 Å². The van der Waals surface area contributed by atoms with Gasteiger partial charge in [0.1, 0.15) is 0 Å². The van der Waals surface area contributed by atoms with Crippen LogP contribution in [0.2, 0.25) is 0 Å². The van der Waals surface area contributed by atoms with Gasteiger partial charge in [0.2, 0.25) is 0 Å². The van der Waals surface area contributed by atoms with Gasteiger partial charge in [0, 0.05) is 17.1 Å². The smallest absolute Gasteiger partial charge is 0 e. The number of hydrogen-bond donors (Lipinski definition) is 0. The molecule has 0 rings (SSSR count). The summed E-state index contributed by atoms with van der Waals surface area (Å²) in [6, 6.07) is 0. The van der Waals surface area contributed by atoms with E-state index in [0.29, 0.717) is 0 Å². The van der Waals surface area contributed by atoms with Crippen LogP contribution in [0.1, 0.15) is 0 Å². The van der Waals surface area contributed by atoms with E-state index in [1.807, 2.05) is 0 Å². The summed E-state index contributed by atoms with van der Waals surface area (Å²) in [4.78, 5) is 19.0. The third-order valence-electron chi connectivity index (χ3n) is 0.133. The Kier molecular flexibility index (Phi) is 9.34. The molecule has 2 atom stereocenters. The normalized spacial score (nSPS) is 11.8. The van der Waals surface area contributed by atoms with Crippen LogP contribution in [0.4, 0.5) is 0 Å². The van der Waals surface area contributed by atoms with E-state index in [9.17, 15) is 18.9 Å². The molecule has 0 heterocycles. The van der Waals surface area contributed by atoms with Crippen molar-refractivity contribution >= 4 is 27.5 Å². The minimum atomic E-state index is -2.67. The molecule has 0 aromatic carbocycles. The maximum atomic E-state index is 9.49. The molecule has 2 unspecified atom stereocenters. The van der Waals surface area contributed by atoms with E-state index in [-0.39, 0.29) is 17.1 Å². The van der Waals surface area contributed by atoms with Crippen LogP contribution in [-0.4, -0.2) is 14.1 Å². The molecule has 0 aromatic rings. The second-order valence-corrected chi connectivity index (χ2v) is 8.91. The van der Waals surface area contributed by atoms with E-state index < -0.39 is 27.5 Å². The van der Waals surface area contributed by atoms with Gasteiger partial charge >= 0.3 is 46.4 Å². The molecule has 0 spiro atoms. The second-order valence-electron chi connectivity index (χ2n) is 0.529. The topological polar surface area (TPSA) is 80.3 Å². The fourth-order valence-electron chi connectivity index (χ4n) is 0.0544. The molecule has 4 nitrogen and oxygen atoms in total. The molecule has 1 radical (unpaired) electrons. The largest absolute Gasteiger partial charge is 0 e. The van der Waals surface area contributed by atoms with E-state index in [1.54, 1.807) is 0 Å². The average molecular weight is 260 g/mol. The zero-order valence-electron chi connectivity index (χ0n) is 3.31. The fourth-order valence-corrected chi connectivity index (χ4v) is 2.55. The van der Waals surface area contributed by atoms with Gasteiger partial charge in [-0.1, -0.05) is 0 Å². The van der Waals surface area contributed by atoms with Crippen LogP contribution in [0.15, 0.2) is 0 Å². The van der Waals surface area contributed by atoms with Crippen LogP contribution in [0, 0.1) is 0 Å².